The van der Waals surface area contributed by atoms with Gasteiger partial charge in [-0.3, -0.25) is 4.79 Å². The number of benzene rings is 1. The molecule has 0 radical (unpaired) electrons. The number of hydrogen-bond acceptors (Lipinski definition) is 6. The zero-order valence-electron chi connectivity index (χ0n) is 17.0. The second-order valence-corrected chi connectivity index (χ2v) is 8.30. The Kier molecular flexibility index (Phi) is 5.08. The molecule has 2 fully saturated rings. The van der Waals surface area contributed by atoms with Crippen LogP contribution in [0.1, 0.15) is 43.7 Å². The van der Waals surface area contributed by atoms with Crippen LogP contribution in [0.2, 0.25) is 0 Å². The number of fused-ring (bicyclic) bond motifs is 1. The van der Waals surface area contributed by atoms with Gasteiger partial charge in [-0.25, -0.2) is 14.6 Å². The van der Waals surface area contributed by atoms with E-state index >= 15 is 0 Å². The van der Waals surface area contributed by atoms with E-state index in [1.54, 1.807) is 0 Å². The summed E-state index contributed by atoms with van der Waals surface area (Å²) in [5, 5.41) is 8.49. The van der Waals surface area contributed by atoms with Crippen LogP contribution >= 0.6 is 0 Å². The van der Waals surface area contributed by atoms with Crippen LogP contribution in [0.3, 0.4) is 0 Å². The molecule has 3 N–H and O–H groups in total. The standard InChI is InChI=1S/C22H27N7O/c23-21-19-20(16-6-4-15(5-7-16)12-24-14-30)27-29(22(19)26-13-25-21)18-8-10-28(11-9-18)17-2-1-3-17/h4-7,13-14,17-18H,1-3,8-12H2,(H,24,30)(H2,23,25,26). The van der Waals surface area contributed by atoms with E-state index in [0.717, 1.165) is 59.8 Å². The topological polar surface area (TPSA) is 102 Å². The third kappa shape index (κ3) is 3.41. The number of aromatic nitrogens is 4. The maximum Gasteiger partial charge on any atom is 0.207 e. The van der Waals surface area contributed by atoms with Crippen molar-refractivity contribution in [2.75, 3.05) is 18.8 Å². The fraction of sp³-hybridized carbons (Fsp3) is 0.455. The average Bonchev–Trinajstić information content (AvgIpc) is 3.13. The first-order valence-electron chi connectivity index (χ1n) is 10.7. The molecule has 5 rings (SSSR count). The molecule has 1 aromatic carbocycles. The minimum atomic E-state index is 0.322. The molecular formula is C22H27N7O. The lowest BCUT2D eigenvalue weighted by molar-refractivity contribution is -0.109. The van der Waals surface area contributed by atoms with Gasteiger partial charge in [0.15, 0.2) is 5.65 Å². The summed E-state index contributed by atoms with van der Waals surface area (Å²) in [7, 11) is 0. The van der Waals surface area contributed by atoms with E-state index in [0.29, 0.717) is 24.8 Å². The summed E-state index contributed by atoms with van der Waals surface area (Å²) < 4.78 is 2.07. The Morgan fingerprint density at radius 3 is 2.50 bits per heavy atom. The molecule has 30 heavy (non-hydrogen) atoms. The summed E-state index contributed by atoms with van der Waals surface area (Å²) >= 11 is 0. The molecule has 0 spiro atoms. The second kappa shape index (κ2) is 8.02. The van der Waals surface area contributed by atoms with E-state index in [1.807, 2.05) is 24.3 Å². The Morgan fingerprint density at radius 2 is 1.83 bits per heavy atom. The first-order chi connectivity index (χ1) is 14.7. The van der Waals surface area contributed by atoms with Gasteiger partial charge in [-0.05, 0) is 31.2 Å². The molecule has 1 saturated carbocycles. The predicted molar refractivity (Wildman–Crippen MR) is 116 cm³/mol. The highest BCUT2D eigenvalue weighted by molar-refractivity contribution is 5.98. The lowest BCUT2D eigenvalue weighted by Crippen LogP contribution is -2.45. The van der Waals surface area contributed by atoms with Crippen molar-refractivity contribution in [1.82, 2.24) is 30.0 Å². The zero-order valence-corrected chi connectivity index (χ0v) is 17.0. The highest BCUT2D eigenvalue weighted by atomic mass is 16.1. The Balaban J connectivity index is 1.45. The number of nitrogens with zero attached hydrogens (tertiary/aromatic N) is 5. The summed E-state index contributed by atoms with van der Waals surface area (Å²) in [6.07, 6.45) is 8.45. The smallest absolute Gasteiger partial charge is 0.207 e. The Labute approximate surface area is 175 Å². The first kappa shape index (κ1) is 19.0. The van der Waals surface area contributed by atoms with Crippen LogP contribution in [0, 0.1) is 0 Å². The molecule has 1 saturated heterocycles. The molecule has 1 aliphatic heterocycles. The van der Waals surface area contributed by atoms with Crippen LogP contribution < -0.4 is 11.1 Å². The summed E-state index contributed by atoms with van der Waals surface area (Å²) in [6, 6.07) is 9.13. The van der Waals surface area contributed by atoms with Crippen LogP contribution in [-0.2, 0) is 11.3 Å². The largest absolute Gasteiger partial charge is 0.383 e. The number of carbonyl (C=O) groups excluding carboxylic acids is 1. The van der Waals surface area contributed by atoms with Crippen LogP contribution in [0.5, 0.6) is 0 Å². The monoisotopic (exact) mass is 405 g/mol. The number of hydrogen-bond donors (Lipinski definition) is 2. The van der Waals surface area contributed by atoms with Crippen molar-refractivity contribution in [2.24, 2.45) is 0 Å². The van der Waals surface area contributed by atoms with Crippen molar-refractivity contribution in [2.45, 2.75) is 50.7 Å². The number of nitrogens with two attached hydrogens (primary N) is 1. The molecule has 1 amide bonds. The van der Waals surface area contributed by atoms with E-state index < -0.39 is 0 Å². The molecule has 0 bridgehead atoms. The van der Waals surface area contributed by atoms with Crippen molar-refractivity contribution in [1.29, 1.82) is 0 Å². The van der Waals surface area contributed by atoms with Gasteiger partial charge in [0, 0.05) is 31.2 Å². The van der Waals surface area contributed by atoms with Crippen molar-refractivity contribution in [3.63, 3.8) is 0 Å². The van der Waals surface area contributed by atoms with Crippen molar-refractivity contribution >= 4 is 23.3 Å². The molecule has 3 heterocycles. The van der Waals surface area contributed by atoms with Crippen LogP contribution in [0.25, 0.3) is 22.3 Å². The van der Waals surface area contributed by atoms with Gasteiger partial charge in [0.2, 0.25) is 6.41 Å². The molecule has 156 valence electrons. The number of anilines is 1. The number of likely N-dealkylation sites (tertiary alicyclic amines) is 1. The third-order valence-electron chi connectivity index (χ3n) is 6.57. The predicted octanol–water partition coefficient (Wildman–Crippen LogP) is 2.51. The van der Waals surface area contributed by atoms with Gasteiger partial charge in [-0.1, -0.05) is 30.7 Å². The summed E-state index contributed by atoms with van der Waals surface area (Å²) in [6.45, 7) is 2.74. The maximum atomic E-state index is 10.5. The SMILES string of the molecule is Nc1ncnc2c1c(-c1ccc(CNC=O)cc1)nn2C1CCN(C2CCC2)CC1. The van der Waals surface area contributed by atoms with Gasteiger partial charge in [0.25, 0.3) is 0 Å². The lowest BCUT2D eigenvalue weighted by atomic mass is 9.89. The molecule has 0 unspecified atom stereocenters. The fourth-order valence-electron chi connectivity index (χ4n) is 4.64. The molecule has 2 aromatic heterocycles. The number of rotatable bonds is 6. The molecule has 0 atom stereocenters. The van der Waals surface area contributed by atoms with E-state index in [1.165, 1.54) is 25.6 Å². The van der Waals surface area contributed by atoms with E-state index in [9.17, 15) is 4.79 Å². The van der Waals surface area contributed by atoms with E-state index in [-0.39, 0.29) is 0 Å². The van der Waals surface area contributed by atoms with Gasteiger partial charge in [0.05, 0.1) is 11.4 Å². The zero-order chi connectivity index (χ0) is 20.5. The van der Waals surface area contributed by atoms with E-state index in [4.69, 9.17) is 10.8 Å². The van der Waals surface area contributed by atoms with Gasteiger partial charge < -0.3 is 16.0 Å². The number of amides is 1. The minimum Gasteiger partial charge on any atom is -0.383 e. The van der Waals surface area contributed by atoms with Crippen LogP contribution in [0.4, 0.5) is 5.82 Å². The average molecular weight is 406 g/mol. The number of nitrogens with one attached hydrogen (secondary N) is 1. The second-order valence-electron chi connectivity index (χ2n) is 8.30. The molecule has 8 nitrogen and oxygen atoms in total. The fourth-order valence-corrected chi connectivity index (χ4v) is 4.64. The summed E-state index contributed by atoms with van der Waals surface area (Å²) in [5.74, 6) is 0.458. The van der Waals surface area contributed by atoms with Crippen LogP contribution in [0.15, 0.2) is 30.6 Å². The molecule has 1 aliphatic carbocycles. The van der Waals surface area contributed by atoms with Gasteiger partial charge in [-0.15, -0.1) is 0 Å². The molecule has 8 heteroatoms. The van der Waals surface area contributed by atoms with Crippen LogP contribution in [-0.4, -0.2) is 50.2 Å². The maximum absolute atomic E-state index is 10.5. The van der Waals surface area contributed by atoms with Gasteiger partial charge in [0.1, 0.15) is 17.8 Å². The lowest BCUT2D eigenvalue weighted by Gasteiger charge is -2.41. The number of nitrogen functional groups attached to an aromatic ring is 1. The number of piperidine rings is 1. The third-order valence-corrected chi connectivity index (χ3v) is 6.57. The minimum absolute atomic E-state index is 0.322. The molecule has 2 aliphatic rings. The quantitative estimate of drug-likeness (QED) is 0.611. The van der Waals surface area contributed by atoms with E-state index in [2.05, 4.69) is 24.9 Å². The highest BCUT2D eigenvalue weighted by Crippen LogP contribution is 2.35. The Morgan fingerprint density at radius 1 is 1.07 bits per heavy atom. The Hall–Kier alpha value is -3.00. The summed E-state index contributed by atoms with van der Waals surface area (Å²) in [4.78, 5) is 21.9. The highest BCUT2D eigenvalue weighted by Gasteiger charge is 2.31. The van der Waals surface area contributed by atoms with Crippen molar-refractivity contribution < 1.29 is 4.79 Å². The van der Waals surface area contributed by atoms with Gasteiger partial charge >= 0.3 is 0 Å². The molecule has 3 aromatic rings. The Bertz CT molecular complexity index is 1030. The van der Waals surface area contributed by atoms with Gasteiger partial charge in [-0.2, -0.15) is 5.10 Å². The van der Waals surface area contributed by atoms with Crippen molar-refractivity contribution in [3.05, 3.63) is 36.2 Å². The first-order valence-corrected chi connectivity index (χ1v) is 10.7. The van der Waals surface area contributed by atoms with Crippen molar-refractivity contribution in [3.8, 4) is 11.3 Å². The normalized spacial score (nSPS) is 18.4. The summed E-state index contributed by atoms with van der Waals surface area (Å²) in [5.41, 5.74) is 9.89. The molecular weight excluding hydrogens is 378 g/mol. The number of carbonyl (C=O) groups is 1.